The van der Waals surface area contributed by atoms with E-state index < -0.39 is 5.97 Å². The number of anilines is 1. The van der Waals surface area contributed by atoms with Gasteiger partial charge in [-0.05, 0) is 36.4 Å². The summed E-state index contributed by atoms with van der Waals surface area (Å²) in [4.78, 5) is 10.9. The van der Waals surface area contributed by atoms with E-state index in [1.165, 1.54) is 18.2 Å². The molecule has 0 heterocycles. The molecule has 0 radical (unpaired) electrons. The molecule has 3 N–H and O–H groups in total. The van der Waals surface area contributed by atoms with E-state index in [-0.39, 0.29) is 11.3 Å². The number of aromatic carboxylic acids is 1. The molecule has 0 spiro atoms. The molecule has 0 saturated heterocycles. The fraction of sp³-hybridized carbons (Fsp3) is 0. The highest BCUT2D eigenvalue weighted by atomic mass is 16.5. The average molecular weight is 254 g/mol. The van der Waals surface area contributed by atoms with E-state index in [0.29, 0.717) is 17.0 Å². The van der Waals surface area contributed by atoms with Crippen molar-refractivity contribution >= 4 is 11.7 Å². The van der Waals surface area contributed by atoms with Crippen molar-refractivity contribution in [2.75, 3.05) is 5.73 Å². The van der Waals surface area contributed by atoms with E-state index in [2.05, 4.69) is 0 Å². The summed E-state index contributed by atoms with van der Waals surface area (Å²) in [5.74, 6) is -0.390. The summed E-state index contributed by atoms with van der Waals surface area (Å²) < 4.78 is 5.50. The second-order valence-electron chi connectivity index (χ2n) is 3.80. The Morgan fingerprint density at radius 1 is 1.26 bits per heavy atom. The average Bonchev–Trinajstić information content (AvgIpc) is 2.41. The van der Waals surface area contributed by atoms with Gasteiger partial charge in [-0.2, -0.15) is 5.26 Å². The van der Waals surface area contributed by atoms with Gasteiger partial charge in [0.05, 0.1) is 22.9 Å². The molecule has 0 atom stereocenters. The number of hydrogen-bond acceptors (Lipinski definition) is 4. The number of ether oxygens (including phenoxy) is 1. The maximum absolute atomic E-state index is 10.9. The van der Waals surface area contributed by atoms with Crippen molar-refractivity contribution in [3.63, 3.8) is 0 Å². The summed E-state index contributed by atoms with van der Waals surface area (Å²) in [5.41, 5.74) is 6.58. The summed E-state index contributed by atoms with van der Waals surface area (Å²) in [6.45, 7) is 0. The minimum absolute atomic E-state index is 0.0839. The van der Waals surface area contributed by atoms with Crippen molar-refractivity contribution in [3.8, 4) is 17.6 Å². The maximum Gasteiger partial charge on any atom is 0.335 e. The van der Waals surface area contributed by atoms with Crippen LogP contribution in [0.4, 0.5) is 5.69 Å². The Labute approximate surface area is 109 Å². The fourth-order valence-electron chi connectivity index (χ4n) is 1.51. The minimum Gasteiger partial charge on any atom is -0.478 e. The fourth-order valence-corrected chi connectivity index (χ4v) is 1.51. The highest BCUT2D eigenvalue weighted by Gasteiger charge is 2.08. The van der Waals surface area contributed by atoms with Crippen molar-refractivity contribution in [2.24, 2.45) is 0 Å². The van der Waals surface area contributed by atoms with Gasteiger partial charge >= 0.3 is 5.97 Å². The number of nitriles is 1. The van der Waals surface area contributed by atoms with Crippen LogP contribution in [0.3, 0.4) is 0 Å². The van der Waals surface area contributed by atoms with Gasteiger partial charge in [-0.1, -0.05) is 6.07 Å². The highest BCUT2D eigenvalue weighted by Crippen LogP contribution is 2.28. The number of rotatable bonds is 3. The number of carboxylic acid groups (broad SMARTS) is 1. The molecule has 2 aromatic rings. The monoisotopic (exact) mass is 254 g/mol. The van der Waals surface area contributed by atoms with Gasteiger partial charge in [0.25, 0.3) is 0 Å². The van der Waals surface area contributed by atoms with E-state index in [4.69, 9.17) is 20.8 Å². The van der Waals surface area contributed by atoms with Gasteiger partial charge in [-0.3, -0.25) is 0 Å². The number of nitrogen functional groups attached to an aromatic ring is 1. The Kier molecular flexibility index (Phi) is 3.35. The summed E-state index contributed by atoms with van der Waals surface area (Å²) in [5, 5.41) is 17.7. The van der Waals surface area contributed by atoms with Crippen molar-refractivity contribution < 1.29 is 14.6 Å². The number of carbonyl (C=O) groups is 1. The first kappa shape index (κ1) is 12.5. The largest absolute Gasteiger partial charge is 0.478 e. The molecule has 0 unspecified atom stereocenters. The van der Waals surface area contributed by atoms with E-state index in [1.807, 2.05) is 6.07 Å². The minimum atomic E-state index is -1.06. The summed E-state index contributed by atoms with van der Waals surface area (Å²) >= 11 is 0. The van der Waals surface area contributed by atoms with E-state index in [0.717, 1.165) is 0 Å². The highest BCUT2D eigenvalue weighted by molar-refractivity contribution is 5.89. The molecule has 0 bridgehead atoms. The van der Waals surface area contributed by atoms with Crippen LogP contribution in [0.2, 0.25) is 0 Å². The predicted molar refractivity (Wildman–Crippen MR) is 69.0 cm³/mol. The predicted octanol–water partition coefficient (Wildman–Crippen LogP) is 2.63. The lowest BCUT2D eigenvalue weighted by molar-refractivity contribution is 0.0696. The number of benzene rings is 2. The molecule has 19 heavy (non-hydrogen) atoms. The van der Waals surface area contributed by atoms with E-state index >= 15 is 0 Å². The number of nitrogens with two attached hydrogens (primary N) is 1. The lowest BCUT2D eigenvalue weighted by Crippen LogP contribution is -1.99. The first-order chi connectivity index (χ1) is 9.10. The Morgan fingerprint density at radius 2 is 2.05 bits per heavy atom. The van der Waals surface area contributed by atoms with Crippen LogP contribution < -0.4 is 10.5 Å². The number of carboxylic acids is 1. The lowest BCUT2D eigenvalue weighted by Gasteiger charge is -2.09. The zero-order chi connectivity index (χ0) is 13.8. The molecule has 0 aromatic heterocycles. The van der Waals surface area contributed by atoms with Crippen molar-refractivity contribution in [2.45, 2.75) is 0 Å². The van der Waals surface area contributed by atoms with Crippen LogP contribution in [-0.2, 0) is 0 Å². The van der Waals surface area contributed by atoms with E-state index in [9.17, 15) is 4.79 Å². The summed E-state index contributed by atoms with van der Waals surface area (Å²) in [6, 6.07) is 12.7. The lowest BCUT2D eigenvalue weighted by atomic mass is 10.2. The molecule has 2 aromatic carbocycles. The first-order valence-corrected chi connectivity index (χ1v) is 5.41. The van der Waals surface area contributed by atoms with Gasteiger partial charge in [0.1, 0.15) is 5.75 Å². The van der Waals surface area contributed by atoms with Crippen molar-refractivity contribution in [1.82, 2.24) is 0 Å². The molecule has 0 aliphatic rings. The Morgan fingerprint density at radius 3 is 2.74 bits per heavy atom. The molecule has 2 rings (SSSR count). The Hall–Kier alpha value is -3.00. The second kappa shape index (κ2) is 5.10. The molecule has 94 valence electrons. The van der Waals surface area contributed by atoms with Gasteiger partial charge in [0.2, 0.25) is 0 Å². The Bertz CT molecular complexity index is 675. The van der Waals surface area contributed by atoms with Crippen molar-refractivity contribution in [1.29, 1.82) is 5.26 Å². The van der Waals surface area contributed by atoms with Crippen LogP contribution in [0, 0.1) is 11.3 Å². The van der Waals surface area contributed by atoms with Crippen LogP contribution in [0.25, 0.3) is 0 Å². The standard InChI is InChI=1S/C14H10N2O3/c15-8-9-2-1-3-11(6-9)19-13-7-10(14(17)18)4-5-12(13)16/h1-7H,16H2,(H,17,18). The van der Waals surface area contributed by atoms with Crippen LogP contribution in [0.1, 0.15) is 15.9 Å². The molecule has 0 amide bonds. The van der Waals surface area contributed by atoms with Crippen LogP contribution in [-0.4, -0.2) is 11.1 Å². The second-order valence-corrected chi connectivity index (χ2v) is 3.80. The zero-order valence-corrected chi connectivity index (χ0v) is 9.83. The van der Waals surface area contributed by atoms with Crippen LogP contribution in [0.5, 0.6) is 11.5 Å². The van der Waals surface area contributed by atoms with Gasteiger partial charge < -0.3 is 15.6 Å². The molecule has 0 saturated carbocycles. The molecular weight excluding hydrogens is 244 g/mol. The molecule has 0 fully saturated rings. The third-order valence-electron chi connectivity index (χ3n) is 2.45. The van der Waals surface area contributed by atoms with E-state index in [1.54, 1.807) is 24.3 Å². The summed E-state index contributed by atoms with van der Waals surface area (Å²) in [7, 11) is 0. The number of hydrogen-bond donors (Lipinski definition) is 2. The SMILES string of the molecule is N#Cc1cccc(Oc2cc(C(=O)O)ccc2N)c1. The normalized spacial score (nSPS) is 9.63. The van der Waals surface area contributed by atoms with Gasteiger partial charge in [0.15, 0.2) is 5.75 Å². The smallest absolute Gasteiger partial charge is 0.335 e. The van der Waals surface area contributed by atoms with Crippen molar-refractivity contribution in [3.05, 3.63) is 53.6 Å². The topological polar surface area (TPSA) is 96.3 Å². The Balaban J connectivity index is 2.34. The zero-order valence-electron chi connectivity index (χ0n) is 9.83. The third-order valence-corrected chi connectivity index (χ3v) is 2.45. The first-order valence-electron chi connectivity index (χ1n) is 5.41. The molecule has 5 heteroatoms. The molecule has 5 nitrogen and oxygen atoms in total. The quantitative estimate of drug-likeness (QED) is 0.820. The molecule has 0 aliphatic heterocycles. The molecule has 0 aliphatic carbocycles. The molecular formula is C14H10N2O3. The third kappa shape index (κ3) is 2.82. The summed E-state index contributed by atoms with van der Waals surface area (Å²) in [6.07, 6.45) is 0. The van der Waals surface area contributed by atoms with Gasteiger partial charge in [-0.25, -0.2) is 4.79 Å². The van der Waals surface area contributed by atoms with Crippen LogP contribution >= 0.6 is 0 Å². The number of nitrogens with zero attached hydrogens (tertiary/aromatic N) is 1. The van der Waals surface area contributed by atoms with Gasteiger partial charge in [0, 0.05) is 0 Å². The van der Waals surface area contributed by atoms with Crippen LogP contribution in [0.15, 0.2) is 42.5 Å². The maximum atomic E-state index is 10.9. The van der Waals surface area contributed by atoms with Gasteiger partial charge in [-0.15, -0.1) is 0 Å².